The van der Waals surface area contributed by atoms with E-state index in [2.05, 4.69) is 22.5 Å². The van der Waals surface area contributed by atoms with Gasteiger partial charge in [0.1, 0.15) is 0 Å². The highest BCUT2D eigenvalue weighted by Gasteiger charge is 2.22. The van der Waals surface area contributed by atoms with E-state index in [0.717, 1.165) is 26.1 Å². The third kappa shape index (κ3) is 1.85. The number of hydrogen-bond acceptors (Lipinski definition) is 3. The fourth-order valence-corrected chi connectivity index (χ4v) is 2.40. The Balaban J connectivity index is 2.02. The molecule has 0 spiro atoms. The number of anilines is 1. The van der Waals surface area contributed by atoms with Gasteiger partial charge < -0.3 is 10.2 Å². The molecular formula is C13H14FN3. The molecule has 0 amide bonds. The molecule has 17 heavy (non-hydrogen) atoms. The maximum absolute atomic E-state index is 13.8. The van der Waals surface area contributed by atoms with E-state index in [1.165, 1.54) is 17.5 Å². The van der Waals surface area contributed by atoms with Crippen LogP contribution in [0.25, 0.3) is 0 Å². The summed E-state index contributed by atoms with van der Waals surface area (Å²) in [6.07, 6.45) is 8.07. The van der Waals surface area contributed by atoms with Crippen molar-refractivity contribution in [2.45, 2.75) is 6.42 Å². The second-order valence-corrected chi connectivity index (χ2v) is 4.24. The minimum Gasteiger partial charge on any atom is -0.338 e. The molecule has 0 unspecified atom stereocenters. The van der Waals surface area contributed by atoms with E-state index in [-0.39, 0.29) is 5.82 Å². The Labute approximate surface area is 99.7 Å². The third-order valence-corrected chi connectivity index (χ3v) is 3.20. The average Bonchev–Trinajstić information content (AvgIpc) is 2.39. The number of rotatable bonds is 1. The SMILES string of the molecule is Fc1cnccc1N1CC=CC2=C1CCNC2. The normalized spacial score (nSPS) is 19.5. The van der Waals surface area contributed by atoms with Crippen molar-refractivity contribution in [3.05, 3.63) is 47.7 Å². The van der Waals surface area contributed by atoms with Gasteiger partial charge in [0, 0.05) is 37.9 Å². The van der Waals surface area contributed by atoms with Crippen molar-refractivity contribution in [3.63, 3.8) is 0 Å². The number of nitrogens with one attached hydrogen (secondary N) is 1. The van der Waals surface area contributed by atoms with Crippen LogP contribution in [0.4, 0.5) is 10.1 Å². The molecule has 2 aliphatic heterocycles. The Morgan fingerprint density at radius 3 is 3.24 bits per heavy atom. The molecule has 0 saturated carbocycles. The van der Waals surface area contributed by atoms with Crippen LogP contribution in [0.15, 0.2) is 41.9 Å². The Bertz CT molecular complexity index is 493. The molecular weight excluding hydrogens is 217 g/mol. The summed E-state index contributed by atoms with van der Waals surface area (Å²) in [5, 5.41) is 3.33. The summed E-state index contributed by atoms with van der Waals surface area (Å²) in [5.74, 6) is -0.256. The second-order valence-electron chi connectivity index (χ2n) is 4.24. The van der Waals surface area contributed by atoms with Crippen LogP contribution >= 0.6 is 0 Å². The number of aromatic nitrogens is 1. The summed E-state index contributed by atoms with van der Waals surface area (Å²) in [6.45, 7) is 2.56. The van der Waals surface area contributed by atoms with Crippen LogP contribution in [0, 0.1) is 5.82 Å². The fourth-order valence-electron chi connectivity index (χ4n) is 2.40. The molecule has 0 bridgehead atoms. The topological polar surface area (TPSA) is 28.2 Å². The molecule has 1 aromatic rings. The monoisotopic (exact) mass is 231 g/mol. The Hall–Kier alpha value is -1.68. The molecule has 3 nitrogen and oxygen atoms in total. The molecule has 1 N–H and O–H groups in total. The number of hydrogen-bond donors (Lipinski definition) is 1. The van der Waals surface area contributed by atoms with E-state index >= 15 is 0 Å². The van der Waals surface area contributed by atoms with Crippen molar-refractivity contribution in [2.24, 2.45) is 0 Å². The summed E-state index contributed by atoms with van der Waals surface area (Å²) in [4.78, 5) is 5.84. The predicted octanol–water partition coefficient (Wildman–Crippen LogP) is 1.84. The fraction of sp³-hybridized carbons (Fsp3) is 0.308. The first kappa shape index (κ1) is 10.5. The zero-order valence-electron chi connectivity index (χ0n) is 9.49. The first-order valence-electron chi connectivity index (χ1n) is 5.82. The summed E-state index contributed by atoms with van der Waals surface area (Å²) in [5.41, 5.74) is 3.12. The van der Waals surface area contributed by atoms with Crippen LogP contribution in [0.2, 0.25) is 0 Å². The molecule has 88 valence electrons. The highest BCUT2D eigenvalue weighted by Crippen LogP contribution is 2.29. The highest BCUT2D eigenvalue weighted by atomic mass is 19.1. The first-order valence-corrected chi connectivity index (χ1v) is 5.82. The Morgan fingerprint density at radius 2 is 2.35 bits per heavy atom. The van der Waals surface area contributed by atoms with E-state index in [0.29, 0.717) is 5.69 Å². The summed E-state index contributed by atoms with van der Waals surface area (Å²) in [6, 6.07) is 1.74. The van der Waals surface area contributed by atoms with Gasteiger partial charge in [-0.3, -0.25) is 4.98 Å². The van der Waals surface area contributed by atoms with Gasteiger partial charge in [-0.15, -0.1) is 0 Å². The molecule has 3 rings (SSSR count). The zero-order chi connectivity index (χ0) is 11.7. The molecule has 2 aliphatic rings. The molecule has 0 fully saturated rings. The van der Waals surface area contributed by atoms with Gasteiger partial charge in [0.25, 0.3) is 0 Å². The van der Waals surface area contributed by atoms with E-state index in [1.54, 1.807) is 12.3 Å². The predicted molar refractivity (Wildman–Crippen MR) is 65.2 cm³/mol. The third-order valence-electron chi connectivity index (χ3n) is 3.20. The van der Waals surface area contributed by atoms with E-state index < -0.39 is 0 Å². The Morgan fingerprint density at radius 1 is 1.41 bits per heavy atom. The van der Waals surface area contributed by atoms with Crippen molar-refractivity contribution in [1.29, 1.82) is 0 Å². The van der Waals surface area contributed by atoms with Gasteiger partial charge in [0.05, 0.1) is 11.9 Å². The summed E-state index contributed by atoms with van der Waals surface area (Å²) in [7, 11) is 0. The van der Waals surface area contributed by atoms with Gasteiger partial charge in [0.2, 0.25) is 0 Å². The van der Waals surface area contributed by atoms with Gasteiger partial charge in [-0.05, 0) is 11.6 Å². The number of pyridine rings is 1. The van der Waals surface area contributed by atoms with Gasteiger partial charge in [0.15, 0.2) is 5.82 Å². The molecule has 3 heterocycles. The molecule has 1 aromatic heterocycles. The van der Waals surface area contributed by atoms with E-state index in [9.17, 15) is 4.39 Å². The molecule has 0 saturated heterocycles. The minimum absolute atomic E-state index is 0.256. The quantitative estimate of drug-likeness (QED) is 0.799. The molecule has 0 atom stereocenters. The highest BCUT2D eigenvalue weighted by molar-refractivity contribution is 5.57. The van der Waals surface area contributed by atoms with Crippen LogP contribution in [0.3, 0.4) is 0 Å². The zero-order valence-corrected chi connectivity index (χ0v) is 9.49. The molecule has 4 heteroatoms. The van der Waals surface area contributed by atoms with Gasteiger partial charge in [-0.2, -0.15) is 0 Å². The van der Waals surface area contributed by atoms with Crippen LogP contribution in [-0.2, 0) is 0 Å². The smallest absolute Gasteiger partial charge is 0.165 e. The maximum atomic E-state index is 13.8. The average molecular weight is 231 g/mol. The second kappa shape index (κ2) is 4.30. The molecule has 0 aromatic carbocycles. The number of halogens is 1. The van der Waals surface area contributed by atoms with E-state index in [1.807, 2.05) is 4.90 Å². The van der Waals surface area contributed by atoms with Gasteiger partial charge >= 0.3 is 0 Å². The standard InChI is InChI=1S/C13H14FN3/c14-11-9-16-6-4-13(11)17-7-1-2-10-8-15-5-3-12(10)17/h1-2,4,6,9,15H,3,5,7-8H2. The van der Waals surface area contributed by atoms with Crippen molar-refractivity contribution in [1.82, 2.24) is 10.3 Å². The van der Waals surface area contributed by atoms with Crippen LogP contribution in [0.5, 0.6) is 0 Å². The lowest BCUT2D eigenvalue weighted by atomic mass is 10.0. The lowest BCUT2D eigenvalue weighted by Crippen LogP contribution is -2.35. The van der Waals surface area contributed by atoms with E-state index in [4.69, 9.17) is 0 Å². The van der Waals surface area contributed by atoms with Crippen LogP contribution < -0.4 is 10.2 Å². The van der Waals surface area contributed by atoms with Crippen molar-refractivity contribution in [3.8, 4) is 0 Å². The van der Waals surface area contributed by atoms with Crippen LogP contribution in [0.1, 0.15) is 6.42 Å². The molecule has 0 radical (unpaired) electrons. The maximum Gasteiger partial charge on any atom is 0.165 e. The Kier molecular flexibility index (Phi) is 2.65. The lowest BCUT2D eigenvalue weighted by molar-refractivity contribution is 0.609. The van der Waals surface area contributed by atoms with Gasteiger partial charge in [-0.1, -0.05) is 12.2 Å². The van der Waals surface area contributed by atoms with Crippen molar-refractivity contribution < 1.29 is 4.39 Å². The largest absolute Gasteiger partial charge is 0.338 e. The van der Waals surface area contributed by atoms with Crippen LogP contribution in [-0.4, -0.2) is 24.6 Å². The van der Waals surface area contributed by atoms with Crippen molar-refractivity contribution >= 4 is 5.69 Å². The first-order chi connectivity index (χ1) is 8.36. The van der Waals surface area contributed by atoms with Crippen molar-refractivity contribution in [2.75, 3.05) is 24.5 Å². The molecule has 0 aliphatic carbocycles. The summed E-state index contributed by atoms with van der Waals surface area (Å²) < 4.78 is 13.8. The van der Waals surface area contributed by atoms with Gasteiger partial charge in [-0.25, -0.2) is 4.39 Å². The summed E-state index contributed by atoms with van der Waals surface area (Å²) >= 11 is 0. The minimum atomic E-state index is -0.256. The lowest BCUT2D eigenvalue weighted by Gasteiger charge is -2.34. The number of nitrogens with zero attached hydrogens (tertiary/aromatic N) is 2.